The van der Waals surface area contributed by atoms with Crippen molar-refractivity contribution in [1.29, 1.82) is 0 Å². The Bertz CT molecular complexity index is 715. The molecule has 0 N–H and O–H groups in total. The van der Waals surface area contributed by atoms with Gasteiger partial charge >= 0.3 is 0 Å². The fraction of sp³-hybridized carbons (Fsp3) is 0.733. The minimum Gasteiger partial charge on any atom is -0.494 e. The summed E-state index contributed by atoms with van der Waals surface area (Å²) in [5, 5.41) is 0. The van der Waals surface area contributed by atoms with Crippen LogP contribution < -0.4 is 4.74 Å². The number of hydrogen-bond acceptors (Lipinski definition) is 3. The first-order valence-corrected chi connectivity index (χ1v) is 13.8. The highest BCUT2D eigenvalue weighted by Gasteiger charge is 2.33. The predicted molar refractivity (Wildman–Crippen MR) is 136 cm³/mol. The molecule has 2 fully saturated rings. The standard InChI is InChI=1S/C30H46O3/c1-3-4-5-6-7-8-9-20-33-27-17-15-26(16-18-27)25-13-11-24(12-14-25)22-30(32)28-19-10-23(2)21-29(28)31/h15-18,23-25,28H,3-14,19-22H2,1-2H3. The number of benzene rings is 1. The van der Waals surface area contributed by atoms with Gasteiger partial charge in [0, 0.05) is 12.8 Å². The summed E-state index contributed by atoms with van der Waals surface area (Å²) in [6.07, 6.45) is 16.6. The lowest BCUT2D eigenvalue weighted by Gasteiger charge is -2.30. The maximum absolute atomic E-state index is 12.7. The maximum atomic E-state index is 12.7. The fourth-order valence-corrected chi connectivity index (χ4v) is 5.75. The van der Waals surface area contributed by atoms with Gasteiger partial charge in [-0.15, -0.1) is 0 Å². The molecule has 2 aliphatic rings. The molecule has 0 amide bonds. The minimum atomic E-state index is -0.299. The second-order valence-electron chi connectivity index (χ2n) is 10.8. The number of carbonyl (C=O) groups is 2. The summed E-state index contributed by atoms with van der Waals surface area (Å²) in [6, 6.07) is 8.72. The van der Waals surface area contributed by atoms with Crippen LogP contribution in [0.4, 0.5) is 0 Å². The van der Waals surface area contributed by atoms with Crippen LogP contribution in [0.5, 0.6) is 5.75 Å². The van der Waals surface area contributed by atoms with Crippen molar-refractivity contribution in [1.82, 2.24) is 0 Å². The van der Waals surface area contributed by atoms with Crippen LogP contribution in [0.1, 0.15) is 122 Å². The molecule has 3 nitrogen and oxygen atoms in total. The number of Topliss-reactive ketones (excluding diaryl/α,β-unsaturated/α-hetero) is 2. The molecule has 3 heteroatoms. The van der Waals surface area contributed by atoms with Gasteiger partial charge in [0.15, 0.2) is 0 Å². The SMILES string of the molecule is CCCCCCCCCOc1ccc(C2CCC(CC(=O)C3CCC(C)CC3=O)CC2)cc1. The molecule has 1 aromatic rings. The van der Waals surface area contributed by atoms with E-state index in [1.165, 1.54) is 44.1 Å². The van der Waals surface area contributed by atoms with Gasteiger partial charge in [-0.05, 0) is 80.4 Å². The summed E-state index contributed by atoms with van der Waals surface area (Å²) in [5.41, 5.74) is 1.40. The molecule has 2 aliphatic carbocycles. The highest BCUT2D eigenvalue weighted by atomic mass is 16.5. The topological polar surface area (TPSA) is 43.4 Å². The molecular weight excluding hydrogens is 408 g/mol. The summed E-state index contributed by atoms with van der Waals surface area (Å²) >= 11 is 0. The number of rotatable bonds is 13. The summed E-state index contributed by atoms with van der Waals surface area (Å²) in [4.78, 5) is 25.0. The molecule has 0 aromatic heterocycles. The van der Waals surface area contributed by atoms with Crippen LogP contribution in [0.15, 0.2) is 24.3 Å². The van der Waals surface area contributed by atoms with E-state index in [-0.39, 0.29) is 17.5 Å². The van der Waals surface area contributed by atoms with E-state index < -0.39 is 0 Å². The Kier molecular flexibility index (Phi) is 11.0. The monoisotopic (exact) mass is 454 g/mol. The first-order chi connectivity index (χ1) is 16.1. The lowest BCUT2D eigenvalue weighted by atomic mass is 9.73. The third-order valence-electron chi connectivity index (χ3n) is 7.98. The van der Waals surface area contributed by atoms with Crippen molar-refractivity contribution < 1.29 is 14.3 Å². The van der Waals surface area contributed by atoms with Gasteiger partial charge in [-0.3, -0.25) is 9.59 Å². The van der Waals surface area contributed by atoms with Crippen LogP contribution in [-0.2, 0) is 9.59 Å². The number of ether oxygens (including phenoxy) is 1. The molecule has 0 radical (unpaired) electrons. The smallest absolute Gasteiger partial charge is 0.143 e. The molecule has 2 saturated carbocycles. The van der Waals surface area contributed by atoms with Crippen molar-refractivity contribution in [2.24, 2.45) is 17.8 Å². The van der Waals surface area contributed by atoms with E-state index in [1.54, 1.807) is 0 Å². The lowest BCUT2D eigenvalue weighted by Crippen LogP contribution is -2.31. The molecule has 33 heavy (non-hydrogen) atoms. The van der Waals surface area contributed by atoms with Crippen LogP contribution in [-0.4, -0.2) is 18.2 Å². The summed E-state index contributed by atoms with van der Waals surface area (Å²) in [6.45, 7) is 5.19. The van der Waals surface area contributed by atoms with E-state index in [0.717, 1.165) is 57.3 Å². The van der Waals surface area contributed by atoms with Gasteiger partial charge in [-0.2, -0.15) is 0 Å². The fourth-order valence-electron chi connectivity index (χ4n) is 5.75. The summed E-state index contributed by atoms with van der Waals surface area (Å²) in [5.74, 6) is 2.60. The van der Waals surface area contributed by atoms with E-state index >= 15 is 0 Å². The molecule has 3 rings (SSSR count). The van der Waals surface area contributed by atoms with Crippen molar-refractivity contribution in [2.75, 3.05) is 6.61 Å². The van der Waals surface area contributed by atoms with Crippen LogP contribution in [0.2, 0.25) is 0 Å². The van der Waals surface area contributed by atoms with E-state index in [9.17, 15) is 9.59 Å². The average Bonchev–Trinajstić information content (AvgIpc) is 2.81. The lowest BCUT2D eigenvalue weighted by molar-refractivity contribution is -0.135. The largest absolute Gasteiger partial charge is 0.494 e. The van der Waals surface area contributed by atoms with E-state index in [4.69, 9.17) is 4.74 Å². The number of carbonyl (C=O) groups excluding carboxylic acids is 2. The summed E-state index contributed by atoms with van der Waals surface area (Å²) in [7, 11) is 0. The Morgan fingerprint density at radius 1 is 0.879 bits per heavy atom. The Labute approximate surface area is 202 Å². The van der Waals surface area contributed by atoms with Gasteiger partial charge in [0.1, 0.15) is 17.3 Å². The molecule has 0 spiro atoms. The molecule has 1 aromatic carbocycles. The molecule has 184 valence electrons. The second kappa shape index (κ2) is 13.9. The molecule has 0 bridgehead atoms. The number of unbranched alkanes of at least 4 members (excludes halogenated alkanes) is 6. The van der Waals surface area contributed by atoms with Gasteiger partial charge in [0.2, 0.25) is 0 Å². The normalized spacial score (nSPS) is 25.7. The average molecular weight is 455 g/mol. The second-order valence-corrected chi connectivity index (χ2v) is 10.8. The maximum Gasteiger partial charge on any atom is 0.143 e. The minimum absolute atomic E-state index is 0.196. The molecular formula is C30H46O3. The Balaban J connectivity index is 1.32. The molecule has 2 unspecified atom stereocenters. The quantitative estimate of drug-likeness (QED) is 0.224. The van der Waals surface area contributed by atoms with Gasteiger partial charge in [-0.1, -0.05) is 64.5 Å². The van der Waals surface area contributed by atoms with E-state index in [1.807, 2.05) is 0 Å². The Morgan fingerprint density at radius 2 is 1.55 bits per heavy atom. The van der Waals surface area contributed by atoms with E-state index in [2.05, 4.69) is 38.1 Å². The zero-order chi connectivity index (χ0) is 23.5. The van der Waals surface area contributed by atoms with Gasteiger partial charge in [0.05, 0.1) is 12.5 Å². The van der Waals surface area contributed by atoms with Crippen LogP contribution in [0, 0.1) is 17.8 Å². The zero-order valence-electron chi connectivity index (χ0n) is 21.2. The Morgan fingerprint density at radius 3 is 2.21 bits per heavy atom. The van der Waals surface area contributed by atoms with Crippen molar-refractivity contribution in [2.45, 2.75) is 116 Å². The highest BCUT2D eigenvalue weighted by Crippen LogP contribution is 2.38. The van der Waals surface area contributed by atoms with Crippen molar-refractivity contribution >= 4 is 11.6 Å². The molecule has 2 atom stereocenters. The molecule has 0 heterocycles. The van der Waals surface area contributed by atoms with Crippen LogP contribution >= 0.6 is 0 Å². The van der Waals surface area contributed by atoms with Gasteiger partial charge in [-0.25, -0.2) is 0 Å². The zero-order valence-corrected chi connectivity index (χ0v) is 21.2. The van der Waals surface area contributed by atoms with Crippen molar-refractivity contribution in [3.05, 3.63) is 29.8 Å². The molecule has 0 saturated heterocycles. The predicted octanol–water partition coefficient (Wildman–Crippen LogP) is 8.05. The first kappa shape index (κ1) is 26.0. The molecule has 0 aliphatic heterocycles. The van der Waals surface area contributed by atoms with Crippen molar-refractivity contribution in [3.8, 4) is 5.75 Å². The Hall–Kier alpha value is -1.64. The summed E-state index contributed by atoms with van der Waals surface area (Å²) < 4.78 is 5.94. The van der Waals surface area contributed by atoms with Crippen LogP contribution in [0.3, 0.4) is 0 Å². The number of hydrogen-bond donors (Lipinski definition) is 0. The van der Waals surface area contributed by atoms with Crippen LogP contribution in [0.25, 0.3) is 0 Å². The third-order valence-corrected chi connectivity index (χ3v) is 7.98. The first-order valence-electron chi connectivity index (χ1n) is 13.8. The highest BCUT2D eigenvalue weighted by molar-refractivity contribution is 6.02. The van der Waals surface area contributed by atoms with Crippen molar-refractivity contribution in [3.63, 3.8) is 0 Å². The van der Waals surface area contributed by atoms with Gasteiger partial charge < -0.3 is 4.74 Å². The van der Waals surface area contributed by atoms with E-state index in [0.29, 0.717) is 30.6 Å². The van der Waals surface area contributed by atoms with Gasteiger partial charge in [0.25, 0.3) is 0 Å². The number of ketones is 2. The third kappa shape index (κ3) is 8.58.